The maximum Gasteiger partial charge on any atom is 0.413 e. The third-order valence-electron chi connectivity index (χ3n) is 6.84. The van der Waals surface area contributed by atoms with Gasteiger partial charge in [-0.2, -0.15) is 17.6 Å². The van der Waals surface area contributed by atoms with Crippen molar-refractivity contribution in [1.82, 2.24) is 19.5 Å². The van der Waals surface area contributed by atoms with Gasteiger partial charge >= 0.3 is 6.18 Å². The molecule has 33 heavy (non-hydrogen) atoms. The fourth-order valence-corrected chi connectivity index (χ4v) is 5.15. The lowest BCUT2D eigenvalue weighted by atomic mass is 9.86. The van der Waals surface area contributed by atoms with Gasteiger partial charge in [0.05, 0.1) is 5.69 Å². The van der Waals surface area contributed by atoms with Gasteiger partial charge in [-0.15, -0.1) is 5.10 Å². The summed E-state index contributed by atoms with van der Waals surface area (Å²) in [5.41, 5.74) is 2.71. The summed E-state index contributed by atoms with van der Waals surface area (Å²) in [5.74, 6) is -1.48. The van der Waals surface area contributed by atoms with E-state index in [0.717, 1.165) is 21.7 Å². The highest BCUT2D eigenvalue weighted by molar-refractivity contribution is 5.81. The van der Waals surface area contributed by atoms with Gasteiger partial charge in [-0.1, -0.05) is 38.1 Å². The second-order valence-electron chi connectivity index (χ2n) is 9.77. The first-order chi connectivity index (χ1) is 15.5. The summed E-state index contributed by atoms with van der Waals surface area (Å²) in [6.07, 6.45) is -0.898. The average molecular weight is 460 g/mol. The number of carbonyl (C=O) groups excluding carboxylic acids is 1. The Morgan fingerprint density at radius 2 is 1.88 bits per heavy atom. The average Bonchev–Trinajstić information content (AvgIpc) is 3.45. The Labute approximate surface area is 188 Å². The molecule has 0 unspecified atom stereocenters. The molecule has 1 amide bonds. The monoisotopic (exact) mass is 460 g/mol. The fourth-order valence-electron chi connectivity index (χ4n) is 5.15. The number of hydrogen-bond acceptors (Lipinski definition) is 3. The van der Waals surface area contributed by atoms with Crippen molar-refractivity contribution >= 4 is 11.6 Å². The van der Waals surface area contributed by atoms with E-state index in [1.165, 1.54) is 29.8 Å². The SMILES string of the molecule is CN(C(=O)C1CC1)[C@@H](c1ccc([C@H]2CC(C)(C)c3c2cnc2cc(F)nn32)cc1)C(F)(F)F. The minimum Gasteiger partial charge on any atom is -0.330 e. The molecule has 2 aromatic heterocycles. The Kier molecular flexibility index (Phi) is 4.81. The van der Waals surface area contributed by atoms with Crippen LogP contribution in [0.3, 0.4) is 0 Å². The van der Waals surface area contributed by atoms with Crippen molar-refractivity contribution in [3.05, 3.63) is 64.9 Å². The van der Waals surface area contributed by atoms with Gasteiger partial charge in [0.2, 0.25) is 11.9 Å². The fraction of sp³-hybridized carbons (Fsp3) is 0.458. The van der Waals surface area contributed by atoms with E-state index in [4.69, 9.17) is 0 Å². The van der Waals surface area contributed by atoms with E-state index in [-0.39, 0.29) is 22.8 Å². The molecule has 5 nitrogen and oxygen atoms in total. The van der Waals surface area contributed by atoms with Gasteiger partial charge in [-0.3, -0.25) is 4.79 Å². The van der Waals surface area contributed by atoms with E-state index < -0.39 is 24.1 Å². The number of aromatic nitrogens is 3. The Bertz CT molecular complexity index is 1230. The molecule has 2 aliphatic rings. The highest BCUT2D eigenvalue weighted by atomic mass is 19.4. The third kappa shape index (κ3) is 3.67. The second-order valence-corrected chi connectivity index (χ2v) is 9.77. The first kappa shape index (κ1) is 21.9. The standard InChI is InChI=1S/C24H24F4N4O/c1-23(2)11-16(17-12-29-19-10-18(25)30-32(19)21(17)23)13-4-6-14(7-5-13)20(24(26,27)28)31(3)22(33)15-8-9-15/h4-7,10,12,15-16,20H,8-9,11H2,1-3H3/t16-,20+/m1/s1. The second kappa shape index (κ2) is 7.27. The Balaban J connectivity index is 1.50. The van der Waals surface area contributed by atoms with Crippen molar-refractivity contribution < 1.29 is 22.4 Å². The van der Waals surface area contributed by atoms with E-state index in [0.29, 0.717) is 24.9 Å². The molecule has 174 valence electrons. The van der Waals surface area contributed by atoms with Crippen LogP contribution in [0, 0.1) is 11.9 Å². The zero-order valence-electron chi connectivity index (χ0n) is 18.5. The van der Waals surface area contributed by atoms with E-state index in [1.54, 1.807) is 18.3 Å². The molecule has 3 aromatic rings. The molecule has 1 aromatic carbocycles. The summed E-state index contributed by atoms with van der Waals surface area (Å²) in [6.45, 7) is 4.08. The van der Waals surface area contributed by atoms with Crippen molar-refractivity contribution in [2.45, 2.75) is 56.7 Å². The molecule has 2 heterocycles. The zero-order valence-corrected chi connectivity index (χ0v) is 18.5. The van der Waals surface area contributed by atoms with E-state index >= 15 is 0 Å². The molecule has 0 saturated heterocycles. The summed E-state index contributed by atoms with van der Waals surface area (Å²) in [4.78, 5) is 17.5. The maximum absolute atomic E-state index is 13.9. The van der Waals surface area contributed by atoms with Crippen LogP contribution < -0.4 is 0 Å². The number of alkyl halides is 3. The van der Waals surface area contributed by atoms with Crippen LogP contribution in [-0.2, 0) is 10.2 Å². The van der Waals surface area contributed by atoms with Crippen LogP contribution in [0.5, 0.6) is 0 Å². The molecular formula is C24H24F4N4O. The first-order valence-electron chi connectivity index (χ1n) is 11.0. The molecule has 0 radical (unpaired) electrons. The number of rotatable bonds is 4. The van der Waals surface area contributed by atoms with E-state index in [9.17, 15) is 22.4 Å². The van der Waals surface area contributed by atoms with Crippen molar-refractivity contribution in [2.24, 2.45) is 5.92 Å². The number of benzene rings is 1. The molecule has 1 saturated carbocycles. The van der Waals surface area contributed by atoms with E-state index in [2.05, 4.69) is 10.1 Å². The number of halogens is 4. The summed E-state index contributed by atoms with van der Waals surface area (Å²) >= 11 is 0. The van der Waals surface area contributed by atoms with Gasteiger partial charge in [0.15, 0.2) is 11.7 Å². The van der Waals surface area contributed by atoms with Gasteiger partial charge in [0, 0.05) is 42.1 Å². The van der Waals surface area contributed by atoms with Gasteiger partial charge < -0.3 is 4.90 Å². The zero-order chi connectivity index (χ0) is 23.7. The smallest absolute Gasteiger partial charge is 0.330 e. The van der Waals surface area contributed by atoms with Crippen molar-refractivity contribution in [1.29, 1.82) is 0 Å². The molecule has 0 N–H and O–H groups in total. The third-order valence-corrected chi connectivity index (χ3v) is 6.84. The molecule has 9 heteroatoms. The summed E-state index contributed by atoms with van der Waals surface area (Å²) in [6, 6.07) is 5.57. The molecule has 5 rings (SSSR count). The van der Waals surface area contributed by atoms with Crippen LogP contribution in [0.15, 0.2) is 36.5 Å². The number of hydrogen-bond donors (Lipinski definition) is 0. The quantitative estimate of drug-likeness (QED) is 0.506. The lowest BCUT2D eigenvalue weighted by molar-refractivity contribution is -0.189. The van der Waals surface area contributed by atoms with Gasteiger partial charge in [0.1, 0.15) is 0 Å². The molecule has 2 aliphatic carbocycles. The largest absolute Gasteiger partial charge is 0.413 e. The minimum absolute atomic E-state index is 0.0305. The number of amides is 1. The Hall–Kier alpha value is -2.97. The van der Waals surface area contributed by atoms with Crippen LogP contribution >= 0.6 is 0 Å². The normalized spacial score (nSPS) is 20.6. The topological polar surface area (TPSA) is 50.5 Å². The first-order valence-corrected chi connectivity index (χ1v) is 11.0. The maximum atomic E-state index is 13.9. The van der Waals surface area contributed by atoms with Gasteiger partial charge in [-0.05, 0) is 30.4 Å². The lowest BCUT2D eigenvalue weighted by Gasteiger charge is -2.30. The Morgan fingerprint density at radius 3 is 2.48 bits per heavy atom. The van der Waals surface area contributed by atoms with Crippen molar-refractivity contribution in [3.8, 4) is 0 Å². The summed E-state index contributed by atoms with van der Waals surface area (Å²) in [5, 5.41) is 3.95. The van der Waals surface area contributed by atoms with E-state index in [1.807, 2.05) is 13.8 Å². The molecule has 2 atom stereocenters. The molecular weight excluding hydrogens is 436 g/mol. The summed E-state index contributed by atoms with van der Waals surface area (Å²) < 4.78 is 57.0. The predicted molar refractivity (Wildman–Crippen MR) is 113 cm³/mol. The Morgan fingerprint density at radius 1 is 1.21 bits per heavy atom. The lowest BCUT2D eigenvalue weighted by Crippen LogP contribution is -2.40. The molecule has 0 spiro atoms. The molecule has 0 aliphatic heterocycles. The minimum atomic E-state index is -4.58. The highest BCUT2D eigenvalue weighted by Crippen LogP contribution is 2.49. The van der Waals surface area contributed by atoms with Crippen LogP contribution in [0.2, 0.25) is 0 Å². The molecule has 1 fully saturated rings. The van der Waals surface area contributed by atoms with Crippen LogP contribution in [0.25, 0.3) is 5.65 Å². The van der Waals surface area contributed by atoms with Crippen LogP contribution in [0.1, 0.15) is 67.5 Å². The predicted octanol–water partition coefficient (Wildman–Crippen LogP) is 5.15. The number of carbonyl (C=O) groups is 1. The highest BCUT2D eigenvalue weighted by Gasteiger charge is 2.48. The van der Waals surface area contributed by atoms with Gasteiger partial charge in [0.25, 0.3) is 0 Å². The number of nitrogens with zero attached hydrogens (tertiary/aromatic N) is 4. The van der Waals surface area contributed by atoms with Crippen molar-refractivity contribution in [3.63, 3.8) is 0 Å². The number of fused-ring (bicyclic) bond motifs is 3. The van der Waals surface area contributed by atoms with Crippen molar-refractivity contribution in [2.75, 3.05) is 7.05 Å². The van der Waals surface area contributed by atoms with Crippen LogP contribution in [-0.4, -0.2) is 38.6 Å². The summed E-state index contributed by atoms with van der Waals surface area (Å²) in [7, 11) is 1.22. The van der Waals surface area contributed by atoms with Gasteiger partial charge in [-0.25, -0.2) is 9.50 Å². The van der Waals surface area contributed by atoms with Crippen LogP contribution in [0.4, 0.5) is 17.6 Å². The molecule has 0 bridgehead atoms.